The monoisotopic (exact) mass is 323 g/mol. The first-order valence-electron chi connectivity index (χ1n) is 8.35. The maximum atomic E-state index is 5.69. The van der Waals surface area contributed by atoms with E-state index in [1.165, 1.54) is 0 Å². The second-order valence-corrected chi connectivity index (χ2v) is 6.43. The highest BCUT2D eigenvalue weighted by molar-refractivity contribution is 5.43. The summed E-state index contributed by atoms with van der Waals surface area (Å²) < 4.78 is 7.64. The van der Waals surface area contributed by atoms with Crippen molar-refractivity contribution in [2.24, 2.45) is 5.92 Å². The molecule has 2 atom stereocenters. The molecule has 3 aromatic heterocycles. The number of aryl methyl sites for hydroxylation is 1. The Kier molecular flexibility index (Phi) is 3.80. The molecule has 1 saturated heterocycles. The Morgan fingerprint density at radius 1 is 1.25 bits per heavy atom. The molecule has 4 rings (SSSR count). The molecule has 24 heavy (non-hydrogen) atoms. The van der Waals surface area contributed by atoms with Crippen molar-refractivity contribution < 1.29 is 4.42 Å². The van der Waals surface area contributed by atoms with Crippen LogP contribution >= 0.6 is 0 Å². The molecule has 1 aliphatic rings. The van der Waals surface area contributed by atoms with E-state index in [0.717, 1.165) is 42.6 Å². The highest BCUT2D eigenvalue weighted by Gasteiger charge is 2.30. The normalized spacial score (nSPS) is 21.2. The van der Waals surface area contributed by atoms with Crippen molar-refractivity contribution in [2.75, 3.05) is 11.4 Å². The Hall–Kier alpha value is -2.63. The molecule has 1 fully saturated rings. The first-order valence-corrected chi connectivity index (χ1v) is 8.35. The molecular weight excluding hydrogens is 302 g/mol. The van der Waals surface area contributed by atoms with Gasteiger partial charge in [-0.1, -0.05) is 6.92 Å². The van der Waals surface area contributed by atoms with Crippen LogP contribution in [0.25, 0.3) is 5.82 Å². The van der Waals surface area contributed by atoms with Gasteiger partial charge in [0.15, 0.2) is 5.82 Å². The van der Waals surface area contributed by atoms with Gasteiger partial charge < -0.3 is 9.32 Å². The third-order valence-electron chi connectivity index (χ3n) is 4.71. The number of anilines is 1. The van der Waals surface area contributed by atoms with Gasteiger partial charge in [-0.25, -0.2) is 9.97 Å². The van der Waals surface area contributed by atoms with Crippen molar-refractivity contribution in [3.63, 3.8) is 0 Å². The maximum Gasteiger partial charge on any atom is 0.159 e. The van der Waals surface area contributed by atoms with Crippen LogP contribution in [0.4, 0.5) is 5.82 Å². The van der Waals surface area contributed by atoms with Gasteiger partial charge >= 0.3 is 0 Å². The molecule has 0 unspecified atom stereocenters. The van der Waals surface area contributed by atoms with Crippen LogP contribution in [-0.4, -0.2) is 26.1 Å². The van der Waals surface area contributed by atoms with Crippen LogP contribution in [0.15, 0.2) is 47.6 Å². The number of nitrogens with zero attached hydrogens (tertiary/aromatic N) is 5. The van der Waals surface area contributed by atoms with Crippen LogP contribution in [0.1, 0.15) is 37.4 Å². The third-order valence-corrected chi connectivity index (χ3v) is 4.71. The van der Waals surface area contributed by atoms with Gasteiger partial charge in [0.2, 0.25) is 0 Å². The number of furan rings is 1. The number of imidazole rings is 1. The van der Waals surface area contributed by atoms with Crippen LogP contribution in [0, 0.1) is 12.8 Å². The van der Waals surface area contributed by atoms with Crippen LogP contribution in [0.2, 0.25) is 0 Å². The van der Waals surface area contributed by atoms with Gasteiger partial charge in [0, 0.05) is 18.9 Å². The molecule has 4 heterocycles. The fourth-order valence-electron chi connectivity index (χ4n) is 3.39. The number of hydrogen-bond acceptors (Lipinski definition) is 5. The van der Waals surface area contributed by atoms with Crippen molar-refractivity contribution in [2.45, 2.75) is 32.7 Å². The second kappa shape index (κ2) is 6.11. The van der Waals surface area contributed by atoms with Crippen LogP contribution in [-0.2, 0) is 0 Å². The summed E-state index contributed by atoms with van der Waals surface area (Å²) in [5, 5.41) is 0. The van der Waals surface area contributed by atoms with E-state index in [9.17, 15) is 0 Å². The Balaban J connectivity index is 1.70. The quantitative estimate of drug-likeness (QED) is 0.738. The Morgan fingerprint density at radius 2 is 2.12 bits per heavy atom. The molecule has 6 nitrogen and oxygen atoms in total. The first kappa shape index (κ1) is 14.9. The lowest BCUT2D eigenvalue weighted by Crippen LogP contribution is -2.36. The number of piperidine rings is 1. The summed E-state index contributed by atoms with van der Waals surface area (Å²) in [6.07, 6.45) is 11.2. The highest BCUT2D eigenvalue weighted by Crippen LogP contribution is 2.36. The minimum Gasteiger partial charge on any atom is -0.467 e. The number of rotatable bonds is 3. The zero-order chi connectivity index (χ0) is 16.5. The lowest BCUT2D eigenvalue weighted by atomic mass is 9.91. The fraction of sp³-hybridized carbons (Fsp3) is 0.389. The predicted molar refractivity (Wildman–Crippen MR) is 91.1 cm³/mol. The predicted octanol–water partition coefficient (Wildman–Crippen LogP) is 3.54. The van der Waals surface area contributed by atoms with Crippen molar-refractivity contribution in [1.82, 2.24) is 19.5 Å². The summed E-state index contributed by atoms with van der Waals surface area (Å²) in [7, 11) is 0. The van der Waals surface area contributed by atoms with Gasteiger partial charge in [-0.2, -0.15) is 0 Å². The molecular formula is C18H21N5O. The summed E-state index contributed by atoms with van der Waals surface area (Å²) in [6.45, 7) is 5.21. The summed E-state index contributed by atoms with van der Waals surface area (Å²) in [5.74, 6) is 4.24. The average Bonchev–Trinajstić information content (AvgIpc) is 3.26. The van der Waals surface area contributed by atoms with Crippen molar-refractivity contribution in [1.29, 1.82) is 0 Å². The minimum atomic E-state index is 0.206. The lowest BCUT2D eigenvalue weighted by Gasteiger charge is -2.38. The Labute approximate surface area is 141 Å². The maximum absolute atomic E-state index is 5.69. The first-order chi connectivity index (χ1) is 11.7. The molecule has 0 aliphatic carbocycles. The van der Waals surface area contributed by atoms with Gasteiger partial charge in [0.25, 0.3) is 0 Å². The van der Waals surface area contributed by atoms with Crippen LogP contribution in [0.5, 0.6) is 0 Å². The summed E-state index contributed by atoms with van der Waals surface area (Å²) >= 11 is 0. The second-order valence-electron chi connectivity index (χ2n) is 6.43. The molecule has 1 aliphatic heterocycles. The standard InChI is InChI=1S/C18H21N5O/c1-13-5-7-23(15(10-13)16-4-3-9-24-16)18-12-19-11-17(21-18)22-8-6-20-14(22)2/h3-4,6,8-9,11-13,15H,5,7,10H2,1-2H3/t13-,15+/m0/s1. The Bertz CT molecular complexity index is 810. The SMILES string of the molecule is Cc1nccn1-c1cncc(N2CC[C@H](C)C[C@@H]2c2ccco2)n1. The average molecular weight is 323 g/mol. The minimum absolute atomic E-state index is 0.206. The van der Waals surface area contributed by atoms with E-state index in [0.29, 0.717) is 5.92 Å². The summed E-state index contributed by atoms with van der Waals surface area (Å²) in [5.41, 5.74) is 0. The van der Waals surface area contributed by atoms with E-state index >= 15 is 0 Å². The van der Waals surface area contributed by atoms with E-state index in [1.807, 2.05) is 36.0 Å². The molecule has 0 N–H and O–H groups in total. The van der Waals surface area contributed by atoms with Gasteiger partial charge in [0.1, 0.15) is 17.4 Å². The smallest absolute Gasteiger partial charge is 0.159 e. The molecule has 3 aromatic rings. The van der Waals surface area contributed by atoms with Crippen molar-refractivity contribution in [3.05, 3.63) is 54.8 Å². The zero-order valence-corrected chi connectivity index (χ0v) is 14.0. The van der Waals surface area contributed by atoms with E-state index in [4.69, 9.17) is 9.40 Å². The summed E-state index contributed by atoms with van der Waals surface area (Å²) in [6, 6.07) is 4.20. The molecule has 0 spiro atoms. The topological polar surface area (TPSA) is 60.0 Å². The van der Waals surface area contributed by atoms with Crippen LogP contribution < -0.4 is 4.90 Å². The molecule has 0 amide bonds. The fourth-order valence-corrected chi connectivity index (χ4v) is 3.39. The number of hydrogen-bond donors (Lipinski definition) is 0. The molecule has 124 valence electrons. The lowest BCUT2D eigenvalue weighted by molar-refractivity contribution is 0.327. The molecule has 0 radical (unpaired) electrons. The molecule has 0 bridgehead atoms. The van der Waals surface area contributed by atoms with Gasteiger partial charge in [-0.05, 0) is 37.8 Å². The van der Waals surface area contributed by atoms with Crippen LogP contribution in [0.3, 0.4) is 0 Å². The summed E-state index contributed by atoms with van der Waals surface area (Å²) in [4.78, 5) is 15.8. The van der Waals surface area contributed by atoms with Crippen molar-refractivity contribution in [3.8, 4) is 5.82 Å². The highest BCUT2D eigenvalue weighted by atomic mass is 16.3. The van der Waals surface area contributed by atoms with Gasteiger partial charge in [0.05, 0.1) is 24.7 Å². The van der Waals surface area contributed by atoms with Gasteiger partial charge in [-0.3, -0.25) is 9.55 Å². The van der Waals surface area contributed by atoms with Crippen molar-refractivity contribution >= 4 is 5.82 Å². The van der Waals surface area contributed by atoms with E-state index in [1.54, 1.807) is 18.7 Å². The molecule has 0 aromatic carbocycles. The largest absolute Gasteiger partial charge is 0.467 e. The van der Waals surface area contributed by atoms with E-state index in [2.05, 4.69) is 21.8 Å². The molecule has 0 saturated carbocycles. The molecule has 6 heteroatoms. The number of aromatic nitrogens is 4. The zero-order valence-electron chi connectivity index (χ0n) is 14.0. The Morgan fingerprint density at radius 3 is 2.88 bits per heavy atom. The van der Waals surface area contributed by atoms with E-state index < -0.39 is 0 Å². The van der Waals surface area contributed by atoms with E-state index in [-0.39, 0.29) is 6.04 Å². The third kappa shape index (κ3) is 2.68. The van der Waals surface area contributed by atoms with Gasteiger partial charge in [-0.15, -0.1) is 0 Å².